The van der Waals surface area contributed by atoms with Crippen molar-refractivity contribution in [3.63, 3.8) is 0 Å². The summed E-state index contributed by atoms with van der Waals surface area (Å²) >= 11 is 0. The van der Waals surface area contributed by atoms with Crippen LogP contribution in [0.4, 0.5) is 0 Å². The minimum Gasteiger partial charge on any atom is -0.394 e. The van der Waals surface area contributed by atoms with Crippen LogP contribution in [0.1, 0.15) is 72.6 Å². The van der Waals surface area contributed by atoms with Crippen molar-refractivity contribution in [2.75, 3.05) is 26.2 Å². The lowest BCUT2D eigenvalue weighted by Gasteiger charge is -2.43. The van der Waals surface area contributed by atoms with Crippen molar-refractivity contribution >= 4 is 17.7 Å². The number of likely N-dealkylation sites (tertiary alicyclic amines) is 1. The molecular formula is C30H45N3O5. The molecule has 0 radical (unpaired) electrons. The standard InChI is InChI=1S/C30H45N3O5/c1-5-16-31-17-10-14-29(4)23(26(31)35)24-27(36)33(22(19-34)20(3)6-2)25-28(37)32(21-12-8-7-9-13-21)18-11-15-30(24,25)38-29/h10-11,14-15,20-25,34H,5-9,12-13,16-19H2,1-4H3/t20-,22-,23+,24-,25?,29-,30-/m0/s1. The number of nitrogens with zero attached hydrogens (tertiary/aromatic N) is 3. The van der Waals surface area contributed by atoms with Crippen molar-refractivity contribution in [2.45, 2.75) is 102 Å². The molecule has 4 aliphatic heterocycles. The van der Waals surface area contributed by atoms with E-state index in [2.05, 4.69) is 0 Å². The van der Waals surface area contributed by atoms with Gasteiger partial charge in [-0.2, -0.15) is 0 Å². The highest BCUT2D eigenvalue weighted by molar-refractivity contribution is 6.00. The number of carbonyl (C=O) groups is 3. The number of carbonyl (C=O) groups excluding carboxylic acids is 3. The molecule has 38 heavy (non-hydrogen) atoms. The molecule has 4 heterocycles. The summed E-state index contributed by atoms with van der Waals surface area (Å²) in [6.07, 6.45) is 14.7. The average Bonchev–Trinajstić information content (AvgIpc) is 3.18. The first kappa shape index (κ1) is 27.4. The fraction of sp³-hybridized carbons (Fsp3) is 0.767. The Morgan fingerprint density at radius 1 is 1.00 bits per heavy atom. The van der Waals surface area contributed by atoms with Crippen LogP contribution < -0.4 is 0 Å². The molecule has 1 N–H and O–H groups in total. The lowest BCUT2D eigenvalue weighted by atomic mass is 9.74. The summed E-state index contributed by atoms with van der Waals surface area (Å²) in [5.41, 5.74) is -2.26. The Bertz CT molecular complexity index is 1010. The van der Waals surface area contributed by atoms with Crippen molar-refractivity contribution < 1.29 is 24.2 Å². The monoisotopic (exact) mass is 527 g/mol. The summed E-state index contributed by atoms with van der Waals surface area (Å²) in [7, 11) is 0. The van der Waals surface area contributed by atoms with Crippen LogP contribution in [0, 0.1) is 17.8 Å². The Balaban J connectivity index is 1.64. The lowest BCUT2D eigenvalue weighted by molar-refractivity contribution is -0.158. The fourth-order valence-electron chi connectivity index (χ4n) is 7.89. The summed E-state index contributed by atoms with van der Waals surface area (Å²) in [6, 6.07) is -1.30. The molecule has 8 nitrogen and oxygen atoms in total. The second kappa shape index (κ2) is 10.4. The molecular weight excluding hydrogens is 482 g/mol. The first-order valence-corrected chi connectivity index (χ1v) is 14.8. The highest BCUT2D eigenvalue weighted by Gasteiger charge is 2.75. The molecule has 0 aromatic rings. The zero-order valence-electron chi connectivity index (χ0n) is 23.5. The summed E-state index contributed by atoms with van der Waals surface area (Å²) < 4.78 is 6.93. The zero-order valence-corrected chi connectivity index (χ0v) is 23.5. The van der Waals surface area contributed by atoms with Crippen LogP contribution in [-0.2, 0) is 19.1 Å². The minimum atomic E-state index is -1.26. The van der Waals surface area contributed by atoms with Crippen LogP contribution in [0.2, 0.25) is 0 Å². The number of amides is 3. The van der Waals surface area contributed by atoms with E-state index in [1.54, 1.807) is 4.90 Å². The molecule has 8 heteroatoms. The van der Waals surface area contributed by atoms with E-state index in [1.807, 2.05) is 61.8 Å². The number of aliphatic hydroxyl groups is 1. The van der Waals surface area contributed by atoms with Gasteiger partial charge in [0.15, 0.2) is 0 Å². The van der Waals surface area contributed by atoms with E-state index in [-0.39, 0.29) is 36.3 Å². The van der Waals surface area contributed by atoms with Crippen LogP contribution in [0.5, 0.6) is 0 Å². The molecule has 0 aromatic heterocycles. The maximum Gasteiger partial charge on any atom is 0.249 e. The normalized spacial score (nSPS) is 37.1. The predicted molar refractivity (Wildman–Crippen MR) is 144 cm³/mol. The Kier molecular flexibility index (Phi) is 7.50. The summed E-state index contributed by atoms with van der Waals surface area (Å²) in [5.74, 6) is -2.02. The van der Waals surface area contributed by atoms with Gasteiger partial charge in [-0.05, 0) is 32.1 Å². The van der Waals surface area contributed by atoms with Crippen LogP contribution in [0.25, 0.3) is 0 Å². The van der Waals surface area contributed by atoms with Crippen molar-refractivity contribution in [3.05, 3.63) is 24.3 Å². The Morgan fingerprint density at radius 2 is 1.71 bits per heavy atom. The highest BCUT2D eigenvalue weighted by Crippen LogP contribution is 2.58. The summed E-state index contributed by atoms with van der Waals surface area (Å²) in [6.45, 7) is 9.30. The second-order valence-electron chi connectivity index (χ2n) is 12.2. The topological polar surface area (TPSA) is 90.4 Å². The molecule has 1 aliphatic carbocycles. The van der Waals surface area contributed by atoms with Gasteiger partial charge in [-0.15, -0.1) is 0 Å². The van der Waals surface area contributed by atoms with Gasteiger partial charge < -0.3 is 24.5 Å². The van der Waals surface area contributed by atoms with E-state index < -0.39 is 35.1 Å². The maximum absolute atomic E-state index is 14.6. The molecule has 5 aliphatic rings. The molecule has 3 amide bonds. The molecule has 0 bridgehead atoms. The molecule has 5 rings (SSSR count). The number of rotatable bonds is 7. The molecule has 1 saturated carbocycles. The van der Waals surface area contributed by atoms with Gasteiger partial charge in [0.2, 0.25) is 17.7 Å². The van der Waals surface area contributed by atoms with Gasteiger partial charge in [0.25, 0.3) is 0 Å². The van der Waals surface area contributed by atoms with Crippen molar-refractivity contribution in [1.82, 2.24) is 14.7 Å². The SMILES string of the molecule is CCCN1CC=C[C@]2(C)O[C@]34C=CCN(C5CCCCC5)C(=O)C3N([C@@H](CO)[C@@H](C)CC)C(=O)[C@@H]4[C@@H]2C1=O. The smallest absolute Gasteiger partial charge is 0.249 e. The van der Waals surface area contributed by atoms with Crippen LogP contribution >= 0.6 is 0 Å². The van der Waals surface area contributed by atoms with Crippen molar-refractivity contribution in [2.24, 2.45) is 17.8 Å². The lowest BCUT2D eigenvalue weighted by Crippen LogP contribution is -2.61. The van der Waals surface area contributed by atoms with Gasteiger partial charge in [0.05, 0.1) is 30.1 Å². The molecule has 1 unspecified atom stereocenters. The van der Waals surface area contributed by atoms with Gasteiger partial charge in [-0.1, -0.05) is 70.8 Å². The first-order valence-electron chi connectivity index (χ1n) is 14.8. The third-order valence-corrected chi connectivity index (χ3v) is 9.96. The van der Waals surface area contributed by atoms with Crippen molar-refractivity contribution in [3.8, 4) is 0 Å². The van der Waals surface area contributed by atoms with Gasteiger partial charge in [-0.3, -0.25) is 14.4 Å². The third-order valence-electron chi connectivity index (χ3n) is 9.96. The zero-order chi connectivity index (χ0) is 27.2. The average molecular weight is 528 g/mol. The molecule has 0 aromatic carbocycles. The number of ether oxygens (including phenoxy) is 1. The maximum atomic E-state index is 14.6. The van der Waals surface area contributed by atoms with Gasteiger partial charge in [-0.25, -0.2) is 0 Å². The van der Waals surface area contributed by atoms with Gasteiger partial charge in [0, 0.05) is 25.7 Å². The second-order valence-corrected chi connectivity index (χ2v) is 12.2. The summed E-state index contributed by atoms with van der Waals surface area (Å²) in [5, 5.41) is 10.6. The van der Waals surface area contributed by atoms with E-state index >= 15 is 0 Å². The largest absolute Gasteiger partial charge is 0.394 e. The highest BCUT2D eigenvalue weighted by atomic mass is 16.5. The van der Waals surface area contributed by atoms with Crippen LogP contribution in [0.15, 0.2) is 24.3 Å². The Hall–Kier alpha value is -2.19. The van der Waals surface area contributed by atoms with E-state index in [4.69, 9.17) is 4.74 Å². The fourth-order valence-corrected chi connectivity index (χ4v) is 7.89. The van der Waals surface area contributed by atoms with Gasteiger partial charge in [0.1, 0.15) is 11.6 Å². The van der Waals surface area contributed by atoms with Crippen LogP contribution in [0.3, 0.4) is 0 Å². The molecule has 210 valence electrons. The Morgan fingerprint density at radius 3 is 2.37 bits per heavy atom. The number of hydrogen-bond acceptors (Lipinski definition) is 5. The first-order chi connectivity index (χ1) is 18.2. The van der Waals surface area contributed by atoms with Crippen molar-refractivity contribution in [1.29, 1.82) is 0 Å². The number of fused-ring (bicyclic) bond motifs is 2. The predicted octanol–water partition coefficient (Wildman–Crippen LogP) is 2.90. The summed E-state index contributed by atoms with van der Waals surface area (Å²) in [4.78, 5) is 48.6. The van der Waals surface area contributed by atoms with E-state index in [0.717, 1.165) is 38.5 Å². The van der Waals surface area contributed by atoms with E-state index in [0.29, 0.717) is 19.6 Å². The van der Waals surface area contributed by atoms with Gasteiger partial charge >= 0.3 is 0 Å². The molecule has 7 atom stereocenters. The quantitative estimate of drug-likeness (QED) is 0.514. The molecule has 1 spiro atoms. The molecule has 3 fully saturated rings. The molecule has 2 saturated heterocycles. The number of hydrogen-bond donors (Lipinski definition) is 1. The third kappa shape index (κ3) is 4.05. The van der Waals surface area contributed by atoms with E-state index in [9.17, 15) is 19.5 Å². The number of aliphatic hydroxyl groups excluding tert-OH is 1. The minimum absolute atomic E-state index is 0.0179. The van der Waals surface area contributed by atoms with E-state index in [1.165, 1.54) is 6.42 Å². The Labute approximate surface area is 227 Å². The van der Waals surface area contributed by atoms with Crippen LogP contribution in [-0.4, -0.2) is 93.1 Å².